The van der Waals surface area contributed by atoms with Crippen molar-refractivity contribution in [3.63, 3.8) is 0 Å². The first-order valence-electron chi connectivity index (χ1n) is 4.00. The first kappa shape index (κ1) is 10.7. The minimum absolute atomic E-state index is 0.722. The smallest absolute Gasteiger partial charge is 0.165 e. The Balaban J connectivity index is 4.48. The molecule has 0 radical (unpaired) electrons. The molecule has 0 rings (SSSR count). The normalized spacial score (nSPS) is 11.4. The van der Waals surface area contributed by atoms with Crippen LogP contribution in [0.2, 0.25) is 26.2 Å². The van der Waals surface area contributed by atoms with Crippen molar-refractivity contribution in [2.75, 3.05) is 0 Å². The lowest BCUT2D eigenvalue weighted by atomic mass is 11.1. The summed E-state index contributed by atoms with van der Waals surface area (Å²) in [7, 11) is -2.05. The predicted molar refractivity (Wildman–Crippen MR) is 58.6 cm³/mol. The molecule has 0 aromatic carbocycles. The van der Waals surface area contributed by atoms with Crippen LogP contribution in [0.25, 0.3) is 0 Å². The first-order chi connectivity index (χ1) is 4.95. The lowest BCUT2D eigenvalue weighted by Gasteiger charge is -2.36. The van der Waals surface area contributed by atoms with Gasteiger partial charge in [0.25, 0.3) is 0 Å². The molecule has 0 saturated carbocycles. The number of hydrogen-bond donors (Lipinski definition) is 0. The van der Waals surface area contributed by atoms with Gasteiger partial charge in [-0.05, 0) is 19.3 Å². The van der Waals surface area contributed by atoms with Crippen LogP contribution in [0.1, 0.15) is 0 Å². The van der Waals surface area contributed by atoms with Crippen LogP contribution in [-0.2, 0) is 0 Å². The summed E-state index contributed by atoms with van der Waals surface area (Å²) in [6, 6.07) is 0. The van der Waals surface area contributed by atoms with Gasteiger partial charge in [0, 0.05) is 0 Å². The Morgan fingerprint density at radius 1 is 1.27 bits per heavy atom. The third-order valence-electron chi connectivity index (χ3n) is 1.92. The maximum Gasteiger partial charge on any atom is 0.165 e. The molecule has 0 unspecified atom stereocenters. The van der Waals surface area contributed by atoms with Crippen molar-refractivity contribution in [1.29, 1.82) is 0 Å². The number of hydrogen-bond acceptors (Lipinski definition) is 1. The quantitative estimate of drug-likeness (QED) is 0.608. The standard InChI is InChI=1S/C8H19NSi2/c1-7-9(10(3)4)11(5,6)8-2/h7-8,10H,1-2H2,3-6H3. The van der Waals surface area contributed by atoms with E-state index in [-0.39, 0.29) is 0 Å². The van der Waals surface area contributed by atoms with E-state index < -0.39 is 17.2 Å². The van der Waals surface area contributed by atoms with Crippen LogP contribution in [0.15, 0.2) is 25.1 Å². The fourth-order valence-corrected chi connectivity index (χ4v) is 7.96. The van der Waals surface area contributed by atoms with Gasteiger partial charge in [0.1, 0.15) is 8.96 Å². The SMILES string of the molecule is C=CN([SiH](C)C)[Si](C)(C)C=C. The Bertz CT molecular complexity index is 152. The summed E-state index contributed by atoms with van der Waals surface area (Å²) in [6.45, 7) is 17.0. The Labute approximate surface area is 73.2 Å². The maximum atomic E-state index is 3.88. The lowest BCUT2D eigenvalue weighted by molar-refractivity contribution is 0.872. The molecule has 0 fully saturated rings. The van der Waals surface area contributed by atoms with Gasteiger partial charge in [-0.2, -0.15) is 0 Å². The van der Waals surface area contributed by atoms with Crippen LogP contribution < -0.4 is 0 Å². The number of rotatable bonds is 4. The van der Waals surface area contributed by atoms with E-state index in [2.05, 4.69) is 49.3 Å². The first-order valence-corrected chi connectivity index (χ1v) is 9.85. The molecular formula is C8H19NSi2. The number of nitrogens with zero attached hydrogens (tertiary/aromatic N) is 1. The van der Waals surface area contributed by atoms with Gasteiger partial charge < -0.3 is 4.23 Å². The van der Waals surface area contributed by atoms with Crippen LogP contribution >= 0.6 is 0 Å². The predicted octanol–water partition coefficient (Wildman–Crippen LogP) is 2.35. The minimum atomic E-state index is -1.33. The van der Waals surface area contributed by atoms with Crippen molar-refractivity contribution < 1.29 is 0 Å². The third kappa shape index (κ3) is 2.67. The minimum Gasteiger partial charge on any atom is -0.430 e. The molecule has 64 valence electrons. The highest BCUT2D eigenvalue weighted by Crippen LogP contribution is 2.12. The molecule has 0 aromatic rings. The van der Waals surface area contributed by atoms with Gasteiger partial charge in [-0.1, -0.05) is 25.4 Å². The fraction of sp³-hybridized carbons (Fsp3) is 0.500. The second-order valence-electron chi connectivity index (χ2n) is 3.54. The molecule has 0 aromatic heterocycles. The summed E-state index contributed by atoms with van der Waals surface area (Å²) in [5, 5.41) is 0. The second-order valence-corrected chi connectivity index (χ2v) is 11.0. The molecule has 0 amide bonds. The fourth-order valence-electron chi connectivity index (χ4n) is 1.22. The molecule has 11 heavy (non-hydrogen) atoms. The van der Waals surface area contributed by atoms with Gasteiger partial charge in [0.2, 0.25) is 0 Å². The molecule has 0 bridgehead atoms. The van der Waals surface area contributed by atoms with Gasteiger partial charge in [0.15, 0.2) is 8.24 Å². The van der Waals surface area contributed by atoms with Crippen molar-refractivity contribution in [3.05, 3.63) is 25.1 Å². The van der Waals surface area contributed by atoms with Gasteiger partial charge in [-0.3, -0.25) is 0 Å². The van der Waals surface area contributed by atoms with Crippen molar-refractivity contribution in [2.24, 2.45) is 0 Å². The molecular weight excluding hydrogens is 166 g/mol. The van der Waals surface area contributed by atoms with E-state index in [1.165, 1.54) is 0 Å². The lowest BCUT2D eigenvalue weighted by Crippen LogP contribution is -2.49. The molecule has 1 nitrogen and oxygen atoms in total. The van der Waals surface area contributed by atoms with E-state index in [4.69, 9.17) is 0 Å². The molecule has 0 atom stereocenters. The van der Waals surface area contributed by atoms with Gasteiger partial charge in [0.05, 0.1) is 0 Å². The summed E-state index contributed by atoms with van der Waals surface area (Å²) in [5.74, 6) is 0. The van der Waals surface area contributed by atoms with Crippen molar-refractivity contribution in [2.45, 2.75) is 26.2 Å². The van der Waals surface area contributed by atoms with E-state index in [1.807, 2.05) is 6.20 Å². The van der Waals surface area contributed by atoms with Crippen LogP contribution in [0.5, 0.6) is 0 Å². The average molecular weight is 185 g/mol. The van der Waals surface area contributed by atoms with Crippen molar-refractivity contribution in [3.8, 4) is 0 Å². The maximum absolute atomic E-state index is 3.88. The van der Waals surface area contributed by atoms with E-state index >= 15 is 0 Å². The molecule has 0 N–H and O–H groups in total. The summed E-state index contributed by atoms with van der Waals surface area (Å²) < 4.78 is 2.46. The Morgan fingerprint density at radius 2 is 1.73 bits per heavy atom. The van der Waals surface area contributed by atoms with Crippen LogP contribution in [0.3, 0.4) is 0 Å². The van der Waals surface area contributed by atoms with Crippen molar-refractivity contribution in [1.82, 2.24) is 4.23 Å². The topological polar surface area (TPSA) is 3.24 Å². The zero-order valence-corrected chi connectivity index (χ0v) is 10.2. The largest absolute Gasteiger partial charge is 0.430 e. The molecule has 0 heterocycles. The molecule has 0 aliphatic carbocycles. The Kier molecular flexibility index (Phi) is 3.82. The van der Waals surface area contributed by atoms with Gasteiger partial charge in [-0.15, -0.1) is 6.58 Å². The highest BCUT2D eigenvalue weighted by atomic mass is 28.4. The summed E-state index contributed by atoms with van der Waals surface area (Å²) >= 11 is 0. The third-order valence-corrected chi connectivity index (χ3v) is 9.30. The zero-order chi connectivity index (χ0) is 9.07. The van der Waals surface area contributed by atoms with Gasteiger partial charge >= 0.3 is 0 Å². The summed E-state index contributed by atoms with van der Waals surface area (Å²) in [4.78, 5) is 0. The highest BCUT2D eigenvalue weighted by molar-refractivity contribution is 6.87. The highest BCUT2D eigenvalue weighted by Gasteiger charge is 2.24. The molecule has 0 spiro atoms. The average Bonchev–Trinajstić information content (AvgIpc) is 1.88. The molecule has 0 aliphatic rings. The van der Waals surface area contributed by atoms with E-state index in [0.717, 1.165) is 0 Å². The van der Waals surface area contributed by atoms with E-state index in [1.54, 1.807) is 0 Å². The Morgan fingerprint density at radius 3 is 1.82 bits per heavy atom. The van der Waals surface area contributed by atoms with Crippen molar-refractivity contribution >= 4 is 17.2 Å². The summed E-state index contributed by atoms with van der Waals surface area (Å²) in [6.07, 6.45) is 1.99. The van der Waals surface area contributed by atoms with Crippen LogP contribution in [0, 0.1) is 0 Å². The summed E-state index contributed by atoms with van der Waals surface area (Å²) in [5.41, 5.74) is 2.11. The second kappa shape index (κ2) is 3.92. The molecule has 0 aliphatic heterocycles. The van der Waals surface area contributed by atoms with Gasteiger partial charge in [-0.25, -0.2) is 0 Å². The van der Waals surface area contributed by atoms with Crippen LogP contribution in [-0.4, -0.2) is 21.4 Å². The zero-order valence-electron chi connectivity index (χ0n) is 8.09. The van der Waals surface area contributed by atoms with E-state index in [0.29, 0.717) is 0 Å². The Hall–Kier alpha value is -0.286. The monoisotopic (exact) mass is 185 g/mol. The van der Waals surface area contributed by atoms with Crippen LogP contribution in [0.4, 0.5) is 0 Å². The molecule has 0 saturated heterocycles. The van der Waals surface area contributed by atoms with E-state index in [9.17, 15) is 0 Å². The molecule has 3 heteroatoms.